The summed E-state index contributed by atoms with van der Waals surface area (Å²) in [6, 6.07) is 0. The number of hydrogen-bond acceptors (Lipinski definition) is 6. The van der Waals surface area contributed by atoms with Crippen molar-refractivity contribution in [2.24, 2.45) is 11.3 Å². The van der Waals surface area contributed by atoms with Gasteiger partial charge in [0.25, 0.3) is 0 Å². The smallest absolute Gasteiger partial charge is 0.413 e. The topological polar surface area (TPSA) is 85.3 Å². The van der Waals surface area contributed by atoms with Crippen LogP contribution in [0.1, 0.15) is 55.4 Å². The zero-order valence-electron chi connectivity index (χ0n) is 16.9. The highest BCUT2D eigenvalue weighted by atomic mass is 16.6. The van der Waals surface area contributed by atoms with Crippen molar-refractivity contribution in [2.45, 2.75) is 78.9 Å². The molecule has 1 fully saturated rings. The van der Waals surface area contributed by atoms with Crippen LogP contribution in [0.15, 0.2) is 0 Å². The van der Waals surface area contributed by atoms with Crippen LogP contribution in [0.5, 0.6) is 0 Å². The highest BCUT2D eigenvalue weighted by Crippen LogP contribution is 2.42. The monoisotopic (exact) mass is 359 g/mol. The third-order valence-electron chi connectivity index (χ3n) is 4.12. The number of ether oxygens (including phenoxy) is 3. The van der Waals surface area contributed by atoms with Gasteiger partial charge in [0, 0.05) is 5.41 Å². The molecule has 1 aliphatic rings. The van der Waals surface area contributed by atoms with Crippen molar-refractivity contribution in [1.29, 1.82) is 0 Å². The van der Waals surface area contributed by atoms with E-state index in [4.69, 9.17) is 14.2 Å². The molecule has 1 rings (SSSR count). The predicted molar refractivity (Wildman–Crippen MR) is 92.9 cm³/mol. The van der Waals surface area contributed by atoms with Crippen molar-refractivity contribution in [3.8, 4) is 0 Å². The van der Waals surface area contributed by atoms with Crippen LogP contribution in [0.4, 0.5) is 4.79 Å². The molecule has 146 valence electrons. The molecular weight excluding hydrogens is 326 g/mol. The van der Waals surface area contributed by atoms with Gasteiger partial charge in [-0.05, 0) is 26.7 Å². The van der Waals surface area contributed by atoms with Gasteiger partial charge in [0.15, 0.2) is 5.54 Å². The Morgan fingerprint density at radius 2 is 1.72 bits per heavy atom. The van der Waals surface area contributed by atoms with Crippen molar-refractivity contribution in [3.05, 3.63) is 0 Å². The molecule has 0 spiro atoms. The third kappa shape index (κ3) is 4.26. The lowest BCUT2D eigenvalue weighted by Crippen LogP contribution is -2.67. The fraction of sp³-hybridized carbons (Fsp3) is 0.889. The highest BCUT2D eigenvalue weighted by molar-refractivity contribution is 5.87. The minimum Gasteiger partial charge on any atom is -0.467 e. The van der Waals surface area contributed by atoms with Crippen molar-refractivity contribution >= 4 is 12.1 Å². The molecule has 3 atom stereocenters. The third-order valence-corrected chi connectivity index (χ3v) is 4.12. The van der Waals surface area contributed by atoms with Gasteiger partial charge in [-0.25, -0.2) is 9.59 Å². The average Bonchev–Trinajstić information content (AvgIpc) is 2.84. The Morgan fingerprint density at radius 1 is 1.20 bits per heavy atom. The van der Waals surface area contributed by atoms with Gasteiger partial charge < -0.3 is 19.3 Å². The maximum Gasteiger partial charge on any atom is 0.413 e. The van der Waals surface area contributed by atoms with E-state index in [1.54, 1.807) is 34.6 Å². The standard InChI is InChI=1S/C18H33NO6/c1-11(2)12(20)18(14(21)23-9)10-24-13(16(3,4)5)19(18)15(22)25-17(6,7)8/h11-13,20H,10H2,1-9H3/t12-,13-,18-/m1/s1. The zero-order valence-corrected chi connectivity index (χ0v) is 16.9. The van der Waals surface area contributed by atoms with Crippen LogP contribution in [0, 0.1) is 11.3 Å². The number of aliphatic hydroxyl groups excluding tert-OH is 1. The lowest BCUT2D eigenvalue weighted by Gasteiger charge is -2.43. The van der Waals surface area contributed by atoms with Crippen molar-refractivity contribution in [2.75, 3.05) is 13.7 Å². The summed E-state index contributed by atoms with van der Waals surface area (Å²) in [5, 5.41) is 10.8. The minimum absolute atomic E-state index is 0.153. The molecule has 0 aromatic carbocycles. The Kier molecular flexibility index (Phi) is 6.17. The van der Waals surface area contributed by atoms with Crippen LogP contribution in [-0.4, -0.2) is 59.3 Å². The Balaban J connectivity index is 3.51. The molecular formula is C18H33NO6. The Morgan fingerprint density at radius 3 is 2.08 bits per heavy atom. The van der Waals surface area contributed by atoms with Crippen LogP contribution in [0.3, 0.4) is 0 Å². The molecule has 25 heavy (non-hydrogen) atoms. The maximum absolute atomic E-state index is 13.0. The summed E-state index contributed by atoms with van der Waals surface area (Å²) >= 11 is 0. The number of hydrogen-bond donors (Lipinski definition) is 1. The van der Waals surface area contributed by atoms with Crippen LogP contribution in [-0.2, 0) is 19.0 Å². The number of amides is 1. The Labute approximate surface area is 150 Å². The summed E-state index contributed by atoms with van der Waals surface area (Å²) in [7, 11) is 1.23. The zero-order chi connectivity index (χ0) is 19.8. The number of aliphatic hydroxyl groups is 1. The van der Waals surface area contributed by atoms with E-state index >= 15 is 0 Å². The largest absolute Gasteiger partial charge is 0.467 e. The van der Waals surface area contributed by atoms with Gasteiger partial charge in [-0.15, -0.1) is 0 Å². The maximum atomic E-state index is 13.0. The molecule has 1 amide bonds. The van der Waals surface area contributed by atoms with Gasteiger partial charge in [-0.1, -0.05) is 34.6 Å². The van der Waals surface area contributed by atoms with E-state index in [0.29, 0.717) is 0 Å². The van der Waals surface area contributed by atoms with Crippen molar-refractivity contribution < 1.29 is 28.9 Å². The van der Waals surface area contributed by atoms with Gasteiger partial charge in [0.1, 0.15) is 11.8 Å². The molecule has 1 heterocycles. The van der Waals surface area contributed by atoms with Gasteiger partial charge in [-0.3, -0.25) is 4.90 Å². The molecule has 1 aliphatic heterocycles. The molecule has 7 nitrogen and oxygen atoms in total. The van der Waals surface area contributed by atoms with Crippen LogP contribution in [0.2, 0.25) is 0 Å². The number of nitrogens with zero attached hydrogens (tertiary/aromatic N) is 1. The molecule has 0 aliphatic carbocycles. The normalized spacial score (nSPS) is 25.9. The molecule has 0 unspecified atom stereocenters. The molecule has 0 bridgehead atoms. The quantitative estimate of drug-likeness (QED) is 0.780. The lowest BCUT2D eigenvalue weighted by atomic mass is 9.83. The molecule has 0 radical (unpaired) electrons. The number of carbonyl (C=O) groups excluding carboxylic acids is 2. The van der Waals surface area contributed by atoms with Crippen LogP contribution < -0.4 is 0 Å². The van der Waals surface area contributed by atoms with Crippen molar-refractivity contribution in [3.63, 3.8) is 0 Å². The first kappa shape index (κ1) is 21.7. The minimum atomic E-state index is -1.65. The number of carbonyl (C=O) groups is 2. The molecule has 1 saturated heterocycles. The first-order valence-electron chi connectivity index (χ1n) is 8.59. The average molecular weight is 359 g/mol. The van der Waals surface area contributed by atoms with Gasteiger partial charge >= 0.3 is 12.1 Å². The summed E-state index contributed by atoms with van der Waals surface area (Å²) in [5.74, 6) is -1.02. The molecule has 0 aromatic heterocycles. The van der Waals surface area contributed by atoms with Crippen LogP contribution in [0.25, 0.3) is 0 Å². The summed E-state index contributed by atoms with van der Waals surface area (Å²) in [6.45, 7) is 14.3. The second kappa shape index (κ2) is 7.11. The van der Waals surface area contributed by atoms with Crippen molar-refractivity contribution in [1.82, 2.24) is 4.90 Å². The van der Waals surface area contributed by atoms with E-state index in [2.05, 4.69) is 0 Å². The molecule has 0 saturated carbocycles. The van der Waals surface area contributed by atoms with E-state index in [0.717, 1.165) is 0 Å². The first-order chi connectivity index (χ1) is 11.2. The second-order valence-electron chi connectivity index (χ2n) is 8.98. The molecule has 1 N–H and O–H groups in total. The van der Waals surface area contributed by atoms with Gasteiger partial charge in [0.2, 0.25) is 0 Å². The number of rotatable bonds is 3. The SMILES string of the molecule is COC(=O)[C@]1([C@H](O)C(C)C)CO[C@H](C(C)(C)C)N1C(=O)OC(C)(C)C. The Bertz CT molecular complexity index is 505. The predicted octanol–water partition coefficient (Wildman–Crippen LogP) is 2.55. The van der Waals surface area contributed by atoms with E-state index in [1.165, 1.54) is 12.0 Å². The van der Waals surface area contributed by atoms with E-state index < -0.39 is 40.9 Å². The van der Waals surface area contributed by atoms with Crippen LogP contribution >= 0.6 is 0 Å². The summed E-state index contributed by atoms with van der Waals surface area (Å²) in [5.41, 5.74) is -2.90. The van der Waals surface area contributed by atoms with E-state index in [9.17, 15) is 14.7 Å². The van der Waals surface area contributed by atoms with Gasteiger partial charge in [-0.2, -0.15) is 0 Å². The van der Waals surface area contributed by atoms with E-state index in [1.807, 2.05) is 20.8 Å². The molecule has 7 heteroatoms. The number of esters is 1. The summed E-state index contributed by atoms with van der Waals surface area (Å²) in [6.07, 6.45) is -2.62. The second-order valence-corrected chi connectivity index (χ2v) is 8.98. The number of methoxy groups -OCH3 is 1. The molecule has 0 aromatic rings. The summed E-state index contributed by atoms with van der Waals surface area (Å²) < 4.78 is 16.3. The Hall–Kier alpha value is -1.34. The van der Waals surface area contributed by atoms with E-state index in [-0.39, 0.29) is 12.5 Å². The fourth-order valence-electron chi connectivity index (χ4n) is 3.00. The highest BCUT2D eigenvalue weighted by Gasteiger charge is 2.63. The van der Waals surface area contributed by atoms with Gasteiger partial charge in [0.05, 0.1) is 19.8 Å². The summed E-state index contributed by atoms with van der Waals surface area (Å²) in [4.78, 5) is 26.9. The lowest BCUT2D eigenvalue weighted by molar-refractivity contribution is -0.164. The fourth-order valence-corrected chi connectivity index (χ4v) is 3.00. The first-order valence-corrected chi connectivity index (χ1v) is 8.59.